The average molecular weight is 256 g/mol. The molecule has 96 valence electrons. The average Bonchev–Trinajstić information content (AvgIpc) is 2.88. The first-order chi connectivity index (χ1) is 9.18. The van der Waals surface area contributed by atoms with Crippen molar-refractivity contribution in [2.45, 2.75) is 0 Å². The van der Waals surface area contributed by atoms with Gasteiger partial charge in [0.25, 0.3) is 0 Å². The van der Waals surface area contributed by atoms with Crippen LogP contribution in [0.25, 0.3) is 11.1 Å². The molecule has 1 aromatic rings. The largest absolute Gasteiger partial charge is 0.507 e. The second-order valence-corrected chi connectivity index (χ2v) is 3.82. The van der Waals surface area contributed by atoms with E-state index in [1.165, 1.54) is 17.7 Å². The topological polar surface area (TPSA) is 70.7 Å². The zero-order chi connectivity index (χ0) is 13.7. The molecule has 0 saturated carbocycles. The normalized spacial score (nSPS) is 9.68. The lowest BCUT2D eigenvalue weighted by atomic mass is 10.2. The van der Waals surface area contributed by atoms with Crippen molar-refractivity contribution in [3.63, 3.8) is 0 Å². The standard InChI is InChI=1S/C8H6O.C7H6O3/c1-2-7-4-5-9-6-8(7)3-1;8-6-4-2-1-3-5(6)7(9)10/h1-6H;1-4,8H,(H,9,10). The number of para-hydroxylation sites is 1. The summed E-state index contributed by atoms with van der Waals surface area (Å²) in [5.41, 5.74) is 2.33. The van der Waals surface area contributed by atoms with E-state index < -0.39 is 5.97 Å². The maximum absolute atomic E-state index is 10.3. The lowest BCUT2D eigenvalue weighted by Crippen LogP contribution is -1.95. The van der Waals surface area contributed by atoms with Gasteiger partial charge in [-0.2, -0.15) is 0 Å². The van der Waals surface area contributed by atoms with Gasteiger partial charge in [0.1, 0.15) is 11.3 Å². The maximum atomic E-state index is 10.3. The minimum atomic E-state index is -1.11. The van der Waals surface area contributed by atoms with Crippen molar-refractivity contribution in [1.29, 1.82) is 0 Å². The lowest BCUT2D eigenvalue weighted by Gasteiger charge is -1.95. The van der Waals surface area contributed by atoms with E-state index in [-0.39, 0.29) is 11.3 Å². The van der Waals surface area contributed by atoms with Crippen molar-refractivity contribution in [3.05, 3.63) is 66.6 Å². The Morgan fingerprint density at radius 2 is 1.68 bits per heavy atom. The fourth-order valence-electron chi connectivity index (χ4n) is 1.59. The number of hydrogen-bond donors (Lipinski definition) is 2. The first-order valence-corrected chi connectivity index (χ1v) is 5.60. The highest BCUT2D eigenvalue weighted by Gasteiger charge is 2.05. The van der Waals surface area contributed by atoms with Crippen LogP contribution in [0.2, 0.25) is 0 Å². The summed E-state index contributed by atoms with van der Waals surface area (Å²) in [5, 5.41) is 17.3. The van der Waals surface area contributed by atoms with Gasteiger partial charge >= 0.3 is 5.97 Å². The van der Waals surface area contributed by atoms with Gasteiger partial charge < -0.3 is 14.6 Å². The van der Waals surface area contributed by atoms with E-state index >= 15 is 0 Å². The van der Waals surface area contributed by atoms with Gasteiger partial charge in [0.2, 0.25) is 0 Å². The Labute approximate surface area is 109 Å². The molecule has 0 saturated heterocycles. The van der Waals surface area contributed by atoms with Crippen LogP contribution >= 0.6 is 0 Å². The highest BCUT2D eigenvalue weighted by Crippen LogP contribution is 2.20. The Hall–Kier alpha value is -2.75. The van der Waals surface area contributed by atoms with Crippen molar-refractivity contribution in [3.8, 4) is 16.9 Å². The first-order valence-electron chi connectivity index (χ1n) is 5.60. The fourth-order valence-corrected chi connectivity index (χ4v) is 1.59. The van der Waals surface area contributed by atoms with E-state index in [0.717, 1.165) is 5.56 Å². The molecule has 2 aliphatic rings. The van der Waals surface area contributed by atoms with Crippen molar-refractivity contribution < 1.29 is 19.4 Å². The summed E-state index contributed by atoms with van der Waals surface area (Å²) in [6.07, 6.45) is 3.43. The van der Waals surface area contributed by atoms with Crippen molar-refractivity contribution in [2.24, 2.45) is 0 Å². The molecule has 1 heterocycles. The molecule has 0 amide bonds. The number of benzene rings is 1. The molecule has 0 unspecified atom stereocenters. The Kier molecular flexibility index (Phi) is 3.83. The molecule has 0 fully saturated rings. The summed E-state index contributed by atoms with van der Waals surface area (Å²) in [5.74, 6) is -1.31. The molecule has 0 spiro atoms. The molecule has 0 atom stereocenters. The number of rotatable bonds is 1. The van der Waals surface area contributed by atoms with Crippen LogP contribution in [0.1, 0.15) is 10.4 Å². The van der Waals surface area contributed by atoms with Gasteiger partial charge in [-0.05, 0) is 23.8 Å². The number of aromatic hydroxyl groups is 1. The van der Waals surface area contributed by atoms with Crippen LogP contribution in [0.4, 0.5) is 0 Å². The Morgan fingerprint density at radius 3 is 2.32 bits per heavy atom. The minimum Gasteiger partial charge on any atom is -0.507 e. The van der Waals surface area contributed by atoms with Gasteiger partial charge in [-0.25, -0.2) is 4.79 Å². The summed E-state index contributed by atoms with van der Waals surface area (Å²) in [6.45, 7) is 0. The summed E-state index contributed by atoms with van der Waals surface area (Å²) in [7, 11) is 0. The number of carboxylic acid groups (broad SMARTS) is 1. The molecule has 1 aliphatic carbocycles. The molecule has 4 heteroatoms. The molecule has 0 aromatic heterocycles. The van der Waals surface area contributed by atoms with Gasteiger partial charge in [0.05, 0.1) is 12.5 Å². The molecule has 19 heavy (non-hydrogen) atoms. The molecule has 4 nitrogen and oxygen atoms in total. The summed E-state index contributed by atoms with van der Waals surface area (Å²) < 4.78 is 4.95. The third-order valence-electron chi connectivity index (χ3n) is 2.54. The second-order valence-electron chi connectivity index (χ2n) is 3.82. The third-order valence-corrected chi connectivity index (χ3v) is 2.54. The zero-order valence-electron chi connectivity index (χ0n) is 9.98. The SMILES string of the molecule is O=C(O)c1ccccc1O.c1cc2ccocc-2c1. The van der Waals surface area contributed by atoms with Crippen LogP contribution in [0, 0.1) is 0 Å². The van der Waals surface area contributed by atoms with E-state index in [1.807, 2.05) is 18.2 Å². The van der Waals surface area contributed by atoms with Crippen LogP contribution in [0.15, 0.2) is 65.5 Å². The van der Waals surface area contributed by atoms with Crippen LogP contribution in [-0.4, -0.2) is 16.2 Å². The number of carbonyl (C=O) groups is 1. The Balaban J connectivity index is 0.000000141. The van der Waals surface area contributed by atoms with Gasteiger partial charge in [0, 0.05) is 5.56 Å². The summed E-state index contributed by atoms with van der Waals surface area (Å²) in [4.78, 5) is 10.3. The Bertz CT molecular complexity index is 615. The molecule has 0 radical (unpaired) electrons. The number of hydrogen-bond acceptors (Lipinski definition) is 3. The van der Waals surface area contributed by atoms with E-state index in [9.17, 15) is 4.79 Å². The smallest absolute Gasteiger partial charge is 0.339 e. The molecule has 1 aliphatic heterocycles. The molecule has 2 N–H and O–H groups in total. The highest BCUT2D eigenvalue weighted by molar-refractivity contribution is 5.90. The molecular weight excluding hydrogens is 244 g/mol. The fraction of sp³-hybridized carbons (Fsp3) is 0. The number of fused-ring (bicyclic) bond motifs is 1. The number of aromatic carboxylic acids is 1. The number of phenols is 1. The lowest BCUT2D eigenvalue weighted by molar-refractivity contribution is 0.0693. The van der Waals surface area contributed by atoms with Crippen LogP contribution in [-0.2, 0) is 0 Å². The van der Waals surface area contributed by atoms with Gasteiger partial charge in [0.15, 0.2) is 0 Å². The van der Waals surface area contributed by atoms with Crippen LogP contribution < -0.4 is 0 Å². The molecule has 3 rings (SSSR count). The van der Waals surface area contributed by atoms with E-state index in [1.54, 1.807) is 24.7 Å². The highest BCUT2D eigenvalue weighted by atomic mass is 16.4. The molecule has 1 aromatic carbocycles. The quantitative estimate of drug-likeness (QED) is 0.699. The first kappa shape index (κ1) is 12.7. The van der Waals surface area contributed by atoms with Gasteiger partial charge in [-0.15, -0.1) is 0 Å². The Morgan fingerprint density at radius 1 is 0.947 bits per heavy atom. The van der Waals surface area contributed by atoms with Crippen LogP contribution in [0.5, 0.6) is 5.75 Å². The monoisotopic (exact) mass is 256 g/mol. The van der Waals surface area contributed by atoms with E-state index in [0.29, 0.717) is 0 Å². The zero-order valence-corrected chi connectivity index (χ0v) is 9.98. The third kappa shape index (κ3) is 3.13. The van der Waals surface area contributed by atoms with E-state index in [4.69, 9.17) is 14.6 Å². The molecular formula is C15H12O4. The van der Waals surface area contributed by atoms with Crippen molar-refractivity contribution in [1.82, 2.24) is 0 Å². The second kappa shape index (κ2) is 5.73. The van der Waals surface area contributed by atoms with Crippen molar-refractivity contribution >= 4 is 5.97 Å². The van der Waals surface area contributed by atoms with Gasteiger partial charge in [-0.1, -0.05) is 30.3 Å². The summed E-state index contributed by atoms with van der Waals surface area (Å²) >= 11 is 0. The molecule has 0 bridgehead atoms. The summed E-state index contributed by atoms with van der Waals surface area (Å²) in [6, 6.07) is 13.9. The van der Waals surface area contributed by atoms with E-state index in [2.05, 4.69) is 6.07 Å². The van der Waals surface area contributed by atoms with Crippen LogP contribution in [0.3, 0.4) is 0 Å². The van der Waals surface area contributed by atoms with Gasteiger partial charge in [-0.3, -0.25) is 0 Å². The predicted molar refractivity (Wildman–Crippen MR) is 70.4 cm³/mol. The minimum absolute atomic E-state index is 0.0671. The van der Waals surface area contributed by atoms with Crippen molar-refractivity contribution in [2.75, 3.05) is 0 Å². The number of carboxylic acids is 1. The maximum Gasteiger partial charge on any atom is 0.339 e. The predicted octanol–water partition coefficient (Wildman–Crippen LogP) is 3.47.